The van der Waals surface area contributed by atoms with Gasteiger partial charge in [0.1, 0.15) is 5.78 Å². The third-order valence-electron chi connectivity index (χ3n) is 4.38. The summed E-state index contributed by atoms with van der Waals surface area (Å²) in [5, 5.41) is 3.41. The van der Waals surface area contributed by atoms with Crippen LogP contribution in [0, 0.1) is 0 Å². The van der Waals surface area contributed by atoms with Gasteiger partial charge in [0.15, 0.2) is 0 Å². The zero-order chi connectivity index (χ0) is 12.4. The molecule has 1 unspecified atom stereocenters. The summed E-state index contributed by atoms with van der Waals surface area (Å²) in [6.07, 6.45) is 6.95. The fourth-order valence-corrected chi connectivity index (χ4v) is 3.28. The van der Waals surface area contributed by atoms with Crippen molar-refractivity contribution < 1.29 is 4.79 Å². The second-order valence-electron chi connectivity index (χ2n) is 5.70. The highest BCUT2D eigenvalue weighted by Crippen LogP contribution is 2.37. The van der Waals surface area contributed by atoms with E-state index in [4.69, 9.17) is 0 Å². The third kappa shape index (κ3) is 2.49. The van der Waals surface area contributed by atoms with Crippen molar-refractivity contribution in [3.05, 3.63) is 35.4 Å². The van der Waals surface area contributed by atoms with Gasteiger partial charge in [-0.1, -0.05) is 37.1 Å². The quantitative estimate of drug-likeness (QED) is 0.861. The monoisotopic (exact) mass is 243 g/mol. The van der Waals surface area contributed by atoms with E-state index in [0.29, 0.717) is 24.3 Å². The molecule has 2 aliphatic rings. The van der Waals surface area contributed by atoms with E-state index in [-0.39, 0.29) is 0 Å². The van der Waals surface area contributed by atoms with Gasteiger partial charge in [-0.15, -0.1) is 0 Å². The van der Waals surface area contributed by atoms with Gasteiger partial charge in [-0.05, 0) is 36.3 Å². The van der Waals surface area contributed by atoms with E-state index in [9.17, 15) is 4.79 Å². The summed E-state index contributed by atoms with van der Waals surface area (Å²) in [6.45, 7) is 0.573. The van der Waals surface area contributed by atoms with Gasteiger partial charge in [0.25, 0.3) is 0 Å². The molecule has 18 heavy (non-hydrogen) atoms. The molecule has 0 saturated heterocycles. The first-order valence-corrected chi connectivity index (χ1v) is 7.16. The minimum Gasteiger partial charge on any atom is -0.307 e. The smallest absolute Gasteiger partial charge is 0.147 e. The Morgan fingerprint density at radius 2 is 2.00 bits per heavy atom. The summed E-state index contributed by atoms with van der Waals surface area (Å²) in [6, 6.07) is 9.10. The summed E-state index contributed by atoms with van der Waals surface area (Å²) in [5.41, 5.74) is 2.82. The van der Waals surface area contributed by atoms with E-state index >= 15 is 0 Å². The Balaban J connectivity index is 1.45. The second kappa shape index (κ2) is 5.23. The van der Waals surface area contributed by atoms with Crippen molar-refractivity contribution >= 4 is 5.78 Å². The lowest BCUT2D eigenvalue weighted by atomic mass is 9.75. The number of ketones is 1. The zero-order valence-electron chi connectivity index (χ0n) is 10.8. The first kappa shape index (κ1) is 11.9. The fourth-order valence-electron chi connectivity index (χ4n) is 3.28. The third-order valence-corrected chi connectivity index (χ3v) is 4.38. The van der Waals surface area contributed by atoms with Crippen LogP contribution in [0.5, 0.6) is 0 Å². The van der Waals surface area contributed by atoms with E-state index in [0.717, 1.165) is 12.8 Å². The minimum atomic E-state index is 0.376. The van der Waals surface area contributed by atoms with Gasteiger partial charge in [0.2, 0.25) is 0 Å². The van der Waals surface area contributed by atoms with Crippen LogP contribution in [-0.4, -0.2) is 18.4 Å². The number of Topliss-reactive ketones (excluding diaryl/α,β-unsaturated/α-hetero) is 1. The first-order chi connectivity index (χ1) is 8.83. The zero-order valence-corrected chi connectivity index (χ0v) is 10.8. The Hall–Kier alpha value is -1.15. The van der Waals surface area contributed by atoms with Crippen LogP contribution in [0.3, 0.4) is 0 Å². The molecule has 0 aromatic heterocycles. The summed E-state index contributed by atoms with van der Waals surface area (Å²) in [5.74, 6) is 0.862. The Morgan fingerprint density at radius 1 is 1.22 bits per heavy atom. The molecule has 96 valence electrons. The lowest BCUT2D eigenvalue weighted by Gasteiger charge is -2.29. The predicted octanol–water partition coefficient (Wildman–Crippen LogP) is 2.82. The minimum absolute atomic E-state index is 0.376. The van der Waals surface area contributed by atoms with Gasteiger partial charge in [-0.3, -0.25) is 4.79 Å². The number of benzene rings is 1. The summed E-state index contributed by atoms with van der Waals surface area (Å²) >= 11 is 0. The molecule has 1 fully saturated rings. The molecule has 1 N–H and O–H groups in total. The van der Waals surface area contributed by atoms with Gasteiger partial charge in [0, 0.05) is 12.5 Å². The molecule has 0 bridgehead atoms. The van der Waals surface area contributed by atoms with Crippen LogP contribution in [0.1, 0.15) is 49.1 Å². The summed E-state index contributed by atoms with van der Waals surface area (Å²) < 4.78 is 0. The van der Waals surface area contributed by atoms with Crippen molar-refractivity contribution in [1.82, 2.24) is 5.32 Å². The van der Waals surface area contributed by atoms with Crippen molar-refractivity contribution in [1.29, 1.82) is 0 Å². The maximum Gasteiger partial charge on any atom is 0.147 e. The summed E-state index contributed by atoms with van der Waals surface area (Å²) in [7, 11) is 0. The molecule has 1 aromatic carbocycles. The van der Waals surface area contributed by atoms with Crippen molar-refractivity contribution in [2.24, 2.45) is 0 Å². The molecule has 1 aromatic rings. The number of carbonyl (C=O) groups is 1. The molecular weight excluding hydrogens is 222 g/mol. The summed E-state index contributed by atoms with van der Waals surface area (Å²) in [4.78, 5) is 12.0. The molecular formula is C16H21NO. The lowest BCUT2D eigenvalue weighted by Crippen LogP contribution is -2.33. The molecule has 2 nitrogen and oxygen atoms in total. The Morgan fingerprint density at radius 3 is 2.78 bits per heavy atom. The van der Waals surface area contributed by atoms with Crippen LogP contribution in [0.4, 0.5) is 0 Å². The molecule has 2 aliphatic carbocycles. The number of fused-ring (bicyclic) bond motifs is 1. The molecule has 0 amide bonds. The maximum atomic E-state index is 12.0. The molecule has 0 radical (unpaired) electrons. The Bertz CT molecular complexity index is 434. The van der Waals surface area contributed by atoms with Gasteiger partial charge in [0.05, 0.1) is 6.54 Å². The van der Waals surface area contributed by atoms with Gasteiger partial charge in [-0.25, -0.2) is 0 Å². The lowest BCUT2D eigenvalue weighted by molar-refractivity contribution is -0.118. The van der Waals surface area contributed by atoms with Gasteiger partial charge >= 0.3 is 0 Å². The molecule has 1 atom stereocenters. The second-order valence-corrected chi connectivity index (χ2v) is 5.70. The van der Waals surface area contributed by atoms with E-state index in [1.807, 2.05) is 0 Å². The highest BCUT2D eigenvalue weighted by atomic mass is 16.1. The van der Waals surface area contributed by atoms with Crippen LogP contribution in [0.15, 0.2) is 24.3 Å². The number of carbonyl (C=O) groups excluding carboxylic acids is 1. The standard InChI is InChI=1S/C16H21NO/c18-15(11-17-14-6-2-3-7-14)10-13-9-12-5-1-4-8-16(12)13/h1,4-5,8,13-14,17H,2-3,6-7,9-11H2. The maximum absolute atomic E-state index is 12.0. The van der Waals surface area contributed by atoms with Crippen LogP contribution in [-0.2, 0) is 11.2 Å². The largest absolute Gasteiger partial charge is 0.307 e. The van der Waals surface area contributed by atoms with E-state index < -0.39 is 0 Å². The van der Waals surface area contributed by atoms with Crippen molar-refractivity contribution in [3.8, 4) is 0 Å². The fraction of sp³-hybridized carbons (Fsp3) is 0.562. The van der Waals surface area contributed by atoms with Crippen molar-refractivity contribution in [3.63, 3.8) is 0 Å². The highest BCUT2D eigenvalue weighted by molar-refractivity contribution is 5.81. The van der Waals surface area contributed by atoms with Crippen LogP contribution in [0.2, 0.25) is 0 Å². The van der Waals surface area contributed by atoms with E-state index in [2.05, 4.69) is 29.6 Å². The molecule has 3 rings (SSSR count). The molecule has 2 heteroatoms. The van der Waals surface area contributed by atoms with Crippen molar-refractivity contribution in [2.45, 2.75) is 50.5 Å². The molecule has 0 heterocycles. The predicted molar refractivity (Wildman–Crippen MR) is 72.8 cm³/mol. The van der Waals surface area contributed by atoms with Gasteiger partial charge in [-0.2, -0.15) is 0 Å². The van der Waals surface area contributed by atoms with Crippen LogP contribution < -0.4 is 5.32 Å². The van der Waals surface area contributed by atoms with Crippen molar-refractivity contribution in [2.75, 3.05) is 6.54 Å². The highest BCUT2D eigenvalue weighted by Gasteiger charge is 2.27. The molecule has 1 saturated carbocycles. The van der Waals surface area contributed by atoms with Crippen LogP contribution in [0.25, 0.3) is 0 Å². The normalized spacial score (nSPS) is 22.6. The average Bonchev–Trinajstić information content (AvgIpc) is 2.87. The number of rotatable bonds is 5. The number of hydrogen-bond donors (Lipinski definition) is 1. The first-order valence-electron chi connectivity index (χ1n) is 7.16. The average molecular weight is 243 g/mol. The van der Waals surface area contributed by atoms with E-state index in [1.165, 1.54) is 36.8 Å². The Labute approximate surface area is 109 Å². The molecule has 0 spiro atoms. The van der Waals surface area contributed by atoms with Gasteiger partial charge < -0.3 is 5.32 Å². The Kier molecular flexibility index (Phi) is 3.46. The number of hydrogen-bond acceptors (Lipinski definition) is 2. The van der Waals surface area contributed by atoms with Crippen LogP contribution >= 0.6 is 0 Å². The van der Waals surface area contributed by atoms with E-state index in [1.54, 1.807) is 0 Å². The molecule has 0 aliphatic heterocycles. The SMILES string of the molecule is O=C(CNC1CCCC1)CC1Cc2ccccc21. The topological polar surface area (TPSA) is 29.1 Å². The number of nitrogens with one attached hydrogen (secondary N) is 1.